The Hall–Kier alpha value is -2.02. The van der Waals surface area contributed by atoms with E-state index in [0.29, 0.717) is 28.1 Å². The molecule has 120 valence electrons. The van der Waals surface area contributed by atoms with Gasteiger partial charge in [-0.2, -0.15) is 0 Å². The van der Waals surface area contributed by atoms with Crippen molar-refractivity contribution in [3.63, 3.8) is 0 Å². The molecule has 0 saturated carbocycles. The van der Waals surface area contributed by atoms with Crippen LogP contribution in [-0.4, -0.2) is 36.9 Å². The number of carboxylic acids is 1. The van der Waals surface area contributed by atoms with Crippen molar-refractivity contribution in [1.29, 1.82) is 0 Å². The molecule has 1 rings (SSSR count). The first kappa shape index (κ1) is 18.0. The molecule has 0 aliphatic carbocycles. The first-order chi connectivity index (χ1) is 10.5. The third kappa shape index (κ3) is 5.77. The average Bonchev–Trinajstić information content (AvgIpc) is 2.46. The Morgan fingerprint density at radius 1 is 1.18 bits per heavy atom. The van der Waals surface area contributed by atoms with Gasteiger partial charge in [-0.25, -0.2) is 9.59 Å². The quantitative estimate of drug-likeness (QED) is 0.558. The summed E-state index contributed by atoms with van der Waals surface area (Å²) in [5, 5.41) is 8.68. The van der Waals surface area contributed by atoms with Crippen LogP contribution in [0.5, 0.6) is 11.5 Å². The van der Waals surface area contributed by atoms with E-state index in [1.54, 1.807) is 19.1 Å². The number of rotatable bonds is 8. The van der Waals surface area contributed by atoms with Gasteiger partial charge in [0.05, 0.1) is 13.2 Å². The van der Waals surface area contributed by atoms with Gasteiger partial charge in [-0.1, -0.05) is 15.9 Å². The molecule has 1 aromatic rings. The summed E-state index contributed by atoms with van der Waals surface area (Å²) in [6.07, 6.45) is 2.46. The smallest absolute Gasteiger partial charge is 0.344 e. The zero-order valence-electron chi connectivity index (χ0n) is 12.3. The third-order valence-corrected chi connectivity index (χ3v) is 3.11. The third-order valence-electron chi connectivity index (χ3n) is 2.42. The minimum atomic E-state index is -1.05. The van der Waals surface area contributed by atoms with E-state index in [9.17, 15) is 9.59 Å². The molecule has 0 unspecified atom stereocenters. The number of esters is 1. The van der Waals surface area contributed by atoms with Crippen molar-refractivity contribution in [1.82, 2.24) is 0 Å². The largest absolute Gasteiger partial charge is 0.490 e. The molecule has 0 heterocycles. The molecule has 0 aliphatic heterocycles. The van der Waals surface area contributed by atoms with E-state index in [2.05, 4.69) is 15.9 Å². The van der Waals surface area contributed by atoms with Crippen LogP contribution >= 0.6 is 15.9 Å². The zero-order chi connectivity index (χ0) is 16.5. The van der Waals surface area contributed by atoms with Gasteiger partial charge < -0.3 is 19.3 Å². The Balaban J connectivity index is 2.98. The number of hydrogen-bond acceptors (Lipinski definition) is 5. The van der Waals surface area contributed by atoms with Crippen LogP contribution < -0.4 is 9.47 Å². The molecule has 0 radical (unpaired) electrons. The standard InChI is InChI=1S/C15H17BrO6/c1-3-20-12-7-10(5-6-14(17)18)11(16)8-13(12)22-9-15(19)21-4-2/h5-8H,3-4,9H2,1-2H3,(H,17,18). The molecule has 0 fully saturated rings. The summed E-state index contributed by atoms with van der Waals surface area (Å²) in [5.41, 5.74) is 0.620. The van der Waals surface area contributed by atoms with Gasteiger partial charge in [-0.15, -0.1) is 0 Å². The maximum absolute atomic E-state index is 11.3. The Labute approximate surface area is 136 Å². The number of halogens is 1. The second kappa shape index (κ2) is 9.09. The minimum Gasteiger partial charge on any atom is -0.490 e. The highest BCUT2D eigenvalue weighted by atomic mass is 79.9. The molecule has 22 heavy (non-hydrogen) atoms. The van der Waals surface area contributed by atoms with E-state index >= 15 is 0 Å². The van der Waals surface area contributed by atoms with Crippen molar-refractivity contribution in [2.24, 2.45) is 0 Å². The van der Waals surface area contributed by atoms with E-state index < -0.39 is 11.9 Å². The molecule has 0 amide bonds. The molecule has 0 aromatic heterocycles. The van der Waals surface area contributed by atoms with Crippen LogP contribution in [0.1, 0.15) is 19.4 Å². The van der Waals surface area contributed by atoms with Gasteiger partial charge in [-0.05, 0) is 37.6 Å². The number of carboxylic acid groups (broad SMARTS) is 1. The fourth-order valence-electron chi connectivity index (χ4n) is 1.56. The first-order valence-electron chi connectivity index (χ1n) is 6.63. The highest BCUT2D eigenvalue weighted by Gasteiger charge is 2.12. The van der Waals surface area contributed by atoms with Crippen molar-refractivity contribution < 1.29 is 28.9 Å². The number of benzene rings is 1. The fourth-order valence-corrected chi connectivity index (χ4v) is 2.01. The molecule has 0 aliphatic rings. The van der Waals surface area contributed by atoms with Crippen LogP contribution in [0.4, 0.5) is 0 Å². The maximum Gasteiger partial charge on any atom is 0.344 e. The van der Waals surface area contributed by atoms with Gasteiger partial charge in [-0.3, -0.25) is 0 Å². The van der Waals surface area contributed by atoms with E-state index in [1.165, 1.54) is 6.08 Å². The number of aliphatic carboxylic acids is 1. The normalized spacial score (nSPS) is 10.5. The number of hydrogen-bond donors (Lipinski definition) is 1. The van der Waals surface area contributed by atoms with Crippen LogP contribution in [0.25, 0.3) is 6.08 Å². The van der Waals surface area contributed by atoms with Gasteiger partial charge in [0, 0.05) is 10.5 Å². The molecular weight excluding hydrogens is 356 g/mol. The topological polar surface area (TPSA) is 82.1 Å². The average molecular weight is 373 g/mol. The lowest BCUT2D eigenvalue weighted by Gasteiger charge is -2.13. The van der Waals surface area contributed by atoms with Crippen LogP contribution in [0.3, 0.4) is 0 Å². The molecular formula is C15H17BrO6. The van der Waals surface area contributed by atoms with E-state index in [0.717, 1.165) is 6.08 Å². The maximum atomic E-state index is 11.3. The van der Waals surface area contributed by atoms with Crippen LogP contribution in [-0.2, 0) is 14.3 Å². The summed E-state index contributed by atoms with van der Waals surface area (Å²) >= 11 is 3.32. The Morgan fingerprint density at radius 3 is 2.45 bits per heavy atom. The summed E-state index contributed by atoms with van der Waals surface area (Å²) in [6, 6.07) is 3.25. The number of carbonyl (C=O) groups excluding carboxylic acids is 1. The van der Waals surface area contributed by atoms with Crippen molar-refractivity contribution in [2.75, 3.05) is 19.8 Å². The lowest BCUT2D eigenvalue weighted by atomic mass is 10.2. The molecule has 0 spiro atoms. The predicted octanol–water partition coefficient (Wildman–Crippen LogP) is 2.89. The lowest BCUT2D eigenvalue weighted by molar-refractivity contribution is -0.145. The Bertz CT molecular complexity index is 567. The first-order valence-corrected chi connectivity index (χ1v) is 7.43. The number of carbonyl (C=O) groups is 2. The van der Waals surface area contributed by atoms with Gasteiger partial charge in [0.15, 0.2) is 18.1 Å². The van der Waals surface area contributed by atoms with Crippen molar-refractivity contribution in [3.05, 3.63) is 28.2 Å². The summed E-state index contributed by atoms with van der Waals surface area (Å²) in [4.78, 5) is 21.9. The molecule has 0 bridgehead atoms. The Kier molecular flexibility index (Phi) is 7.45. The van der Waals surface area contributed by atoms with Gasteiger partial charge in [0.1, 0.15) is 0 Å². The zero-order valence-corrected chi connectivity index (χ0v) is 13.9. The molecule has 1 N–H and O–H groups in total. The fraction of sp³-hybridized carbons (Fsp3) is 0.333. The SMILES string of the molecule is CCOC(=O)COc1cc(Br)c(C=CC(=O)O)cc1OCC. The molecule has 0 saturated heterocycles. The monoisotopic (exact) mass is 372 g/mol. The highest BCUT2D eigenvalue weighted by molar-refractivity contribution is 9.10. The summed E-state index contributed by atoms with van der Waals surface area (Å²) < 4.78 is 16.3. The van der Waals surface area contributed by atoms with Gasteiger partial charge in [0.25, 0.3) is 0 Å². The second-order valence-electron chi connectivity index (χ2n) is 4.02. The van der Waals surface area contributed by atoms with Gasteiger partial charge >= 0.3 is 11.9 Å². The minimum absolute atomic E-state index is 0.231. The summed E-state index contributed by atoms with van der Waals surface area (Å²) in [5.74, 6) is -0.738. The predicted molar refractivity (Wildman–Crippen MR) is 84.1 cm³/mol. The van der Waals surface area contributed by atoms with E-state index in [1.807, 2.05) is 6.92 Å². The van der Waals surface area contributed by atoms with E-state index in [4.69, 9.17) is 19.3 Å². The van der Waals surface area contributed by atoms with E-state index in [-0.39, 0.29) is 13.2 Å². The van der Waals surface area contributed by atoms with Crippen LogP contribution in [0.15, 0.2) is 22.7 Å². The highest BCUT2D eigenvalue weighted by Crippen LogP contribution is 2.34. The molecule has 1 aromatic carbocycles. The molecule has 6 nitrogen and oxygen atoms in total. The lowest BCUT2D eigenvalue weighted by Crippen LogP contribution is -2.15. The number of ether oxygens (including phenoxy) is 3. The second-order valence-corrected chi connectivity index (χ2v) is 4.87. The van der Waals surface area contributed by atoms with Crippen LogP contribution in [0.2, 0.25) is 0 Å². The molecule has 7 heteroatoms. The molecule has 0 atom stereocenters. The summed E-state index contributed by atoms with van der Waals surface area (Å²) in [6.45, 7) is 3.97. The van der Waals surface area contributed by atoms with Crippen molar-refractivity contribution in [3.8, 4) is 11.5 Å². The van der Waals surface area contributed by atoms with Crippen molar-refractivity contribution in [2.45, 2.75) is 13.8 Å². The van der Waals surface area contributed by atoms with Crippen molar-refractivity contribution >= 4 is 33.9 Å². The Morgan fingerprint density at radius 2 is 1.86 bits per heavy atom. The summed E-state index contributed by atoms with van der Waals surface area (Å²) in [7, 11) is 0. The van der Waals surface area contributed by atoms with Crippen LogP contribution in [0, 0.1) is 0 Å². The van der Waals surface area contributed by atoms with Gasteiger partial charge in [0.2, 0.25) is 0 Å².